The summed E-state index contributed by atoms with van der Waals surface area (Å²) in [6.07, 6.45) is -0.125. The maximum absolute atomic E-state index is 12.5. The fraction of sp³-hybridized carbons (Fsp3) is 0.278. The minimum Gasteiger partial charge on any atom is -0.493 e. The molecule has 0 unspecified atom stereocenters. The van der Waals surface area contributed by atoms with Crippen LogP contribution in [-0.2, 0) is 0 Å². The molecule has 0 bridgehead atoms. The smallest absolute Gasteiger partial charge is 0.231 e. The third kappa shape index (κ3) is 2.31. The lowest BCUT2D eigenvalue weighted by Crippen LogP contribution is -2.20. The van der Waals surface area contributed by atoms with Gasteiger partial charge in [0.1, 0.15) is 11.9 Å². The maximum Gasteiger partial charge on any atom is 0.231 e. The van der Waals surface area contributed by atoms with Gasteiger partial charge >= 0.3 is 0 Å². The van der Waals surface area contributed by atoms with Crippen LogP contribution >= 0.6 is 0 Å². The van der Waals surface area contributed by atoms with Gasteiger partial charge in [0.05, 0.1) is 26.2 Å². The standard InChI is InChI=1S/C18H16O6/c1-20-16-6-11-12(19)7-14(24-15(11)8-17(16)21-2)10-3-4-13-18(5-10)23-9-22-13/h3-6,8,14H,7,9H2,1-2H3/t14-/m0/s1. The second-order valence-corrected chi connectivity index (χ2v) is 5.55. The number of carbonyl (C=O) groups is 1. The molecule has 0 aromatic heterocycles. The highest BCUT2D eigenvalue weighted by atomic mass is 16.7. The number of rotatable bonds is 3. The molecule has 0 amide bonds. The number of Topliss-reactive ketones (excluding diaryl/α,β-unsaturated/α-hetero) is 1. The van der Waals surface area contributed by atoms with Gasteiger partial charge in [0.15, 0.2) is 28.8 Å². The highest BCUT2D eigenvalue weighted by Gasteiger charge is 2.30. The van der Waals surface area contributed by atoms with E-state index in [0.717, 1.165) is 5.56 Å². The minimum atomic E-state index is -0.377. The van der Waals surface area contributed by atoms with E-state index in [1.54, 1.807) is 19.2 Å². The molecule has 2 heterocycles. The van der Waals surface area contributed by atoms with E-state index < -0.39 is 0 Å². The van der Waals surface area contributed by atoms with Crippen molar-refractivity contribution in [2.24, 2.45) is 0 Å². The molecule has 1 atom stereocenters. The van der Waals surface area contributed by atoms with Gasteiger partial charge < -0.3 is 23.7 Å². The van der Waals surface area contributed by atoms with Crippen LogP contribution < -0.4 is 23.7 Å². The first kappa shape index (κ1) is 14.7. The topological polar surface area (TPSA) is 63.2 Å². The van der Waals surface area contributed by atoms with Crippen LogP contribution in [0.15, 0.2) is 30.3 Å². The molecular weight excluding hydrogens is 312 g/mol. The number of fused-ring (bicyclic) bond motifs is 2. The average Bonchev–Trinajstić information content (AvgIpc) is 3.08. The Balaban J connectivity index is 1.69. The van der Waals surface area contributed by atoms with Crippen LogP contribution in [0, 0.1) is 0 Å². The Bertz CT molecular complexity index is 813. The minimum absolute atomic E-state index is 0.000120. The summed E-state index contributed by atoms with van der Waals surface area (Å²) in [5, 5.41) is 0. The van der Waals surface area contributed by atoms with Crippen LogP contribution in [-0.4, -0.2) is 26.8 Å². The van der Waals surface area contributed by atoms with Crippen molar-refractivity contribution in [1.82, 2.24) is 0 Å². The molecule has 2 aromatic carbocycles. The van der Waals surface area contributed by atoms with Gasteiger partial charge in [-0.2, -0.15) is 0 Å². The van der Waals surface area contributed by atoms with Crippen LogP contribution in [0.4, 0.5) is 0 Å². The molecule has 24 heavy (non-hydrogen) atoms. The first-order valence-corrected chi connectivity index (χ1v) is 7.55. The van der Waals surface area contributed by atoms with E-state index in [1.165, 1.54) is 7.11 Å². The first-order valence-electron chi connectivity index (χ1n) is 7.55. The van der Waals surface area contributed by atoms with Crippen LogP contribution in [0.2, 0.25) is 0 Å². The molecule has 4 rings (SSSR count). The van der Waals surface area contributed by atoms with E-state index >= 15 is 0 Å². The molecule has 124 valence electrons. The summed E-state index contributed by atoms with van der Waals surface area (Å²) >= 11 is 0. The van der Waals surface area contributed by atoms with Gasteiger partial charge in [0.2, 0.25) is 6.79 Å². The predicted molar refractivity (Wildman–Crippen MR) is 84.4 cm³/mol. The summed E-state index contributed by atoms with van der Waals surface area (Å²) in [4.78, 5) is 12.5. The average molecular weight is 328 g/mol. The molecule has 2 aliphatic rings. The Morgan fingerprint density at radius 2 is 1.71 bits per heavy atom. The van der Waals surface area contributed by atoms with Crippen molar-refractivity contribution in [2.75, 3.05) is 21.0 Å². The summed E-state index contributed by atoms with van der Waals surface area (Å²) in [5.41, 5.74) is 1.37. The summed E-state index contributed by atoms with van der Waals surface area (Å²) in [7, 11) is 3.08. The number of benzene rings is 2. The van der Waals surface area contributed by atoms with Crippen LogP contribution in [0.3, 0.4) is 0 Å². The van der Waals surface area contributed by atoms with Crippen molar-refractivity contribution in [3.05, 3.63) is 41.5 Å². The van der Waals surface area contributed by atoms with E-state index in [9.17, 15) is 4.79 Å². The second kappa shape index (κ2) is 5.63. The van der Waals surface area contributed by atoms with E-state index in [4.69, 9.17) is 23.7 Å². The lowest BCUT2D eigenvalue weighted by molar-refractivity contribution is 0.0848. The number of methoxy groups -OCH3 is 2. The van der Waals surface area contributed by atoms with Crippen LogP contribution in [0.5, 0.6) is 28.7 Å². The predicted octanol–water partition coefficient (Wildman–Crippen LogP) is 3.14. The quantitative estimate of drug-likeness (QED) is 0.862. The Kier molecular flexibility index (Phi) is 3.45. The summed E-state index contributed by atoms with van der Waals surface area (Å²) in [6.45, 7) is 0.211. The number of hydrogen-bond donors (Lipinski definition) is 0. The van der Waals surface area contributed by atoms with E-state index in [2.05, 4.69) is 0 Å². The zero-order valence-electron chi connectivity index (χ0n) is 13.3. The second-order valence-electron chi connectivity index (χ2n) is 5.55. The van der Waals surface area contributed by atoms with Crippen LogP contribution in [0.1, 0.15) is 28.4 Å². The highest BCUT2D eigenvalue weighted by Crippen LogP contribution is 2.43. The lowest BCUT2D eigenvalue weighted by atomic mass is 9.95. The fourth-order valence-corrected chi connectivity index (χ4v) is 2.95. The SMILES string of the molecule is COc1cc2c(cc1OC)C(=O)C[C@@H](c1ccc3c(c1)OCO3)O2. The Morgan fingerprint density at radius 3 is 2.50 bits per heavy atom. The number of hydrogen-bond acceptors (Lipinski definition) is 6. The van der Waals surface area contributed by atoms with Crippen molar-refractivity contribution < 1.29 is 28.5 Å². The molecule has 6 heteroatoms. The molecule has 0 radical (unpaired) electrons. The summed E-state index contributed by atoms with van der Waals surface area (Å²) < 4.78 is 27.3. The van der Waals surface area contributed by atoms with Crippen molar-refractivity contribution >= 4 is 5.78 Å². The number of carbonyl (C=O) groups excluding carboxylic acids is 1. The fourth-order valence-electron chi connectivity index (χ4n) is 2.95. The molecule has 6 nitrogen and oxygen atoms in total. The molecule has 0 saturated carbocycles. The van der Waals surface area contributed by atoms with E-state index in [-0.39, 0.29) is 25.1 Å². The first-order chi connectivity index (χ1) is 11.7. The Morgan fingerprint density at radius 1 is 0.958 bits per heavy atom. The van der Waals surface area contributed by atoms with Crippen molar-refractivity contribution in [1.29, 1.82) is 0 Å². The summed E-state index contributed by atoms with van der Waals surface area (Å²) in [6, 6.07) is 8.91. The zero-order chi connectivity index (χ0) is 16.7. The van der Waals surface area contributed by atoms with E-state index in [0.29, 0.717) is 34.3 Å². The van der Waals surface area contributed by atoms with Crippen LogP contribution in [0.25, 0.3) is 0 Å². The Hall–Kier alpha value is -2.89. The lowest BCUT2D eigenvalue weighted by Gasteiger charge is -2.26. The van der Waals surface area contributed by atoms with Gasteiger partial charge in [-0.05, 0) is 23.8 Å². The molecule has 0 aliphatic carbocycles. The van der Waals surface area contributed by atoms with Crippen molar-refractivity contribution in [3.63, 3.8) is 0 Å². The van der Waals surface area contributed by atoms with Crippen molar-refractivity contribution in [3.8, 4) is 28.7 Å². The highest BCUT2D eigenvalue weighted by molar-refractivity contribution is 6.00. The molecule has 0 saturated heterocycles. The van der Waals surface area contributed by atoms with Gasteiger partial charge in [-0.1, -0.05) is 6.07 Å². The molecule has 0 N–H and O–H groups in total. The monoisotopic (exact) mass is 328 g/mol. The molecular formula is C18H16O6. The third-order valence-electron chi connectivity index (χ3n) is 4.19. The summed E-state index contributed by atoms with van der Waals surface area (Å²) in [5.74, 6) is 2.89. The molecule has 2 aliphatic heterocycles. The Labute approximate surface area is 138 Å². The normalized spacial score (nSPS) is 17.9. The van der Waals surface area contributed by atoms with E-state index in [1.807, 2.05) is 18.2 Å². The number of ketones is 1. The molecule has 0 spiro atoms. The molecule has 0 fully saturated rings. The zero-order valence-corrected chi connectivity index (χ0v) is 13.3. The van der Waals surface area contributed by atoms with Gasteiger partial charge in [-0.15, -0.1) is 0 Å². The third-order valence-corrected chi connectivity index (χ3v) is 4.19. The molecule has 2 aromatic rings. The largest absolute Gasteiger partial charge is 0.493 e. The number of ether oxygens (including phenoxy) is 5. The van der Waals surface area contributed by atoms with Crippen molar-refractivity contribution in [2.45, 2.75) is 12.5 Å². The van der Waals surface area contributed by atoms with Gasteiger partial charge in [0.25, 0.3) is 0 Å². The van der Waals surface area contributed by atoms with Gasteiger partial charge in [0, 0.05) is 6.07 Å². The maximum atomic E-state index is 12.5. The van der Waals surface area contributed by atoms with Gasteiger partial charge in [-0.25, -0.2) is 0 Å². The van der Waals surface area contributed by atoms with Gasteiger partial charge in [-0.3, -0.25) is 4.79 Å².